The Morgan fingerprint density at radius 1 is 0.941 bits per heavy atom. The third-order valence-electron chi connectivity index (χ3n) is 5.35. The zero-order chi connectivity index (χ0) is 24.1. The average Bonchev–Trinajstić information content (AvgIpc) is 3.65. The zero-order valence-electron chi connectivity index (χ0n) is 18.2. The highest BCUT2D eigenvalue weighted by molar-refractivity contribution is 7.92. The fraction of sp³-hybridized carbons (Fsp3) is 0.200. The van der Waals surface area contributed by atoms with Crippen molar-refractivity contribution in [3.63, 3.8) is 0 Å². The molecule has 2 amide bonds. The third-order valence-corrected chi connectivity index (χ3v) is 7.05. The Labute approximate surface area is 203 Å². The van der Waals surface area contributed by atoms with E-state index in [4.69, 9.17) is 11.6 Å². The summed E-state index contributed by atoms with van der Waals surface area (Å²) in [6, 6.07) is 20.8. The lowest BCUT2D eigenvalue weighted by atomic mass is 10.0. The van der Waals surface area contributed by atoms with Crippen LogP contribution in [0.2, 0.25) is 5.02 Å². The molecule has 3 aromatic carbocycles. The van der Waals surface area contributed by atoms with Gasteiger partial charge in [0.05, 0.1) is 15.6 Å². The van der Waals surface area contributed by atoms with Crippen molar-refractivity contribution in [1.82, 2.24) is 10.6 Å². The van der Waals surface area contributed by atoms with E-state index in [1.54, 1.807) is 24.3 Å². The van der Waals surface area contributed by atoms with Gasteiger partial charge in [-0.05, 0) is 48.7 Å². The zero-order valence-corrected chi connectivity index (χ0v) is 19.8. The van der Waals surface area contributed by atoms with Crippen LogP contribution in [0, 0.1) is 0 Å². The largest absolute Gasteiger partial charge is 0.352 e. The molecule has 176 valence electrons. The minimum absolute atomic E-state index is 0.0953. The maximum atomic E-state index is 13.0. The second-order valence-corrected chi connectivity index (χ2v) is 10.2. The van der Waals surface area contributed by atoms with E-state index in [1.165, 1.54) is 24.3 Å². The van der Waals surface area contributed by atoms with Gasteiger partial charge in [-0.1, -0.05) is 60.1 Å². The molecule has 9 heteroatoms. The van der Waals surface area contributed by atoms with Crippen LogP contribution < -0.4 is 15.4 Å². The summed E-state index contributed by atoms with van der Waals surface area (Å²) in [6.07, 6.45) is 2.17. The minimum Gasteiger partial charge on any atom is -0.352 e. The number of amides is 2. The van der Waals surface area contributed by atoms with Gasteiger partial charge in [-0.25, -0.2) is 8.42 Å². The Bertz CT molecular complexity index is 1290. The van der Waals surface area contributed by atoms with Crippen LogP contribution in [-0.2, 0) is 21.2 Å². The molecule has 0 bridgehead atoms. The lowest BCUT2D eigenvalue weighted by Crippen LogP contribution is -2.48. The maximum absolute atomic E-state index is 13.0. The molecule has 0 spiro atoms. The molecule has 3 aromatic rings. The van der Waals surface area contributed by atoms with Crippen molar-refractivity contribution in [2.45, 2.75) is 36.2 Å². The van der Waals surface area contributed by atoms with E-state index in [2.05, 4.69) is 15.4 Å². The maximum Gasteiger partial charge on any atom is 0.261 e. The number of para-hydroxylation sites is 1. The molecule has 1 unspecified atom stereocenters. The molecule has 7 nitrogen and oxygen atoms in total. The second-order valence-electron chi connectivity index (χ2n) is 8.11. The van der Waals surface area contributed by atoms with Gasteiger partial charge >= 0.3 is 0 Å². The van der Waals surface area contributed by atoms with Gasteiger partial charge in [0.1, 0.15) is 6.04 Å². The van der Waals surface area contributed by atoms with Gasteiger partial charge in [-0.3, -0.25) is 14.3 Å². The third kappa shape index (κ3) is 6.15. The Hall–Kier alpha value is -3.36. The first-order valence-corrected chi connectivity index (χ1v) is 12.7. The van der Waals surface area contributed by atoms with Crippen molar-refractivity contribution in [3.8, 4) is 0 Å². The van der Waals surface area contributed by atoms with Crippen molar-refractivity contribution in [2.24, 2.45) is 0 Å². The van der Waals surface area contributed by atoms with Crippen LogP contribution >= 0.6 is 11.6 Å². The van der Waals surface area contributed by atoms with E-state index in [1.807, 2.05) is 30.3 Å². The van der Waals surface area contributed by atoms with E-state index >= 15 is 0 Å². The summed E-state index contributed by atoms with van der Waals surface area (Å²) in [4.78, 5) is 25.7. The van der Waals surface area contributed by atoms with Crippen LogP contribution in [0.1, 0.15) is 28.8 Å². The average molecular weight is 498 g/mol. The Morgan fingerprint density at radius 2 is 1.65 bits per heavy atom. The van der Waals surface area contributed by atoms with E-state index in [-0.39, 0.29) is 33.1 Å². The fourth-order valence-corrected chi connectivity index (χ4v) is 4.75. The number of hydrogen-bond acceptors (Lipinski definition) is 4. The van der Waals surface area contributed by atoms with Crippen LogP contribution in [0.15, 0.2) is 83.8 Å². The predicted octanol–water partition coefficient (Wildman–Crippen LogP) is 3.76. The molecule has 1 aliphatic carbocycles. The summed E-state index contributed by atoms with van der Waals surface area (Å²) in [5.41, 5.74) is 1.26. The van der Waals surface area contributed by atoms with Gasteiger partial charge in [0.15, 0.2) is 0 Å². The van der Waals surface area contributed by atoms with Crippen molar-refractivity contribution in [1.29, 1.82) is 0 Å². The number of benzene rings is 3. The molecular formula is C25H24ClN3O4S. The van der Waals surface area contributed by atoms with Gasteiger partial charge < -0.3 is 10.6 Å². The van der Waals surface area contributed by atoms with Gasteiger partial charge in [-0.15, -0.1) is 0 Å². The van der Waals surface area contributed by atoms with E-state index < -0.39 is 22.0 Å². The molecule has 0 saturated heterocycles. The minimum atomic E-state index is -3.99. The normalized spacial score (nSPS) is 14.1. The number of rotatable bonds is 9. The summed E-state index contributed by atoms with van der Waals surface area (Å²) in [6.45, 7) is 0. The first kappa shape index (κ1) is 23.8. The van der Waals surface area contributed by atoms with Gasteiger partial charge in [0, 0.05) is 18.0 Å². The molecule has 0 radical (unpaired) electrons. The summed E-state index contributed by atoms with van der Waals surface area (Å²) in [5, 5.41) is 5.95. The van der Waals surface area contributed by atoms with Crippen LogP contribution in [0.3, 0.4) is 0 Å². The molecule has 1 fully saturated rings. The smallest absolute Gasteiger partial charge is 0.261 e. The fourth-order valence-electron chi connectivity index (χ4n) is 3.38. The number of nitrogens with one attached hydrogen (secondary N) is 3. The number of halogens is 1. The monoisotopic (exact) mass is 497 g/mol. The van der Waals surface area contributed by atoms with Crippen LogP contribution in [-0.4, -0.2) is 32.3 Å². The topological polar surface area (TPSA) is 104 Å². The molecule has 3 N–H and O–H groups in total. The number of carbonyl (C=O) groups excluding carboxylic acids is 2. The first-order valence-electron chi connectivity index (χ1n) is 10.8. The van der Waals surface area contributed by atoms with Crippen LogP contribution in [0.4, 0.5) is 5.69 Å². The summed E-state index contributed by atoms with van der Waals surface area (Å²) >= 11 is 6.06. The number of hydrogen-bond donors (Lipinski definition) is 3. The van der Waals surface area contributed by atoms with Crippen molar-refractivity contribution in [2.75, 3.05) is 4.72 Å². The Balaban J connectivity index is 1.52. The summed E-state index contributed by atoms with van der Waals surface area (Å²) in [7, 11) is -3.99. The highest BCUT2D eigenvalue weighted by atomic mass is 35.5. The van der Waals surface area contributed by atoms with E-state index in [9.17, 15) is 18.0 Å². The number of anilines is 1. The molecule has 0 aromatic heterocycles. The molecular weight excluding hydrogens is 474 g/mol. The molecule has 1 aliphatic rings. The number of sulfonamides is 1. The van der Waals surface area contributed by atoms with Gasteiger partial charge in [-0.2, -0.15) is 0 Å². The quantitative estimate of drug-likeness (QED) is 0.418. The van der Waals surface area contributed by atoms with E-state index in [0.717, 1.165) is 18.4 Å². The van der Waals surface area contributed by atoms with Crippen molar-refractivity contribution in [3.05, 3.63) is 95.0 Å². The predicted molar refractivity (Wildman–Crippen MR) is 131 cm³/mol. The first-order chi connectivity index (χ1) is 16.3. The lowest BCUT2D eigenvalue weighted by Gasteiger charge is -2.19. The standard InChI is InChI=1S/C25H24ClN3O4S/c26-21-11-4-5-12-22(21)29-34(32,33)20-10-6-9-18(16-20)24(30)28-23(25(31)27-19-13-14-19)15-17-7-2-1-3-8-17/h1-12,16,19,23,29H,13-15H2,(H,27,31)(H,28,30). The van der Waals surface area contributed by atoms with Crippen LogP contribution in [0.5, 0.6) is 0 Å². The second kappa shape index (κ2) is 10.3. The molecule has 0 heterocycles. The highest BCUT2D eigenvalue weighted by Gasteiger charge is 2.29. The Morgan fingerprint density at radius 3 is 2.35 bits per heavy atom. The van der Waals surface area contributed by atoms with E-state index in [0.29, 0.717) is 6.42 Å². The van der Waals surface area contributed by atoms with Gasteiger partial charge in [0.2, 0.25) is 5.91 Å². The SMILES string of the molecule is O=C(NC(Cc1ccccc1)C(=O)NC1CC1)c1cccc(S(=O)(=O)Nc2ccccc2Cl)c1. The molecule has 4 rings (SSSR count). The number of carbonyl (C=O) groups is 2. The molecule has 34 heavy (non-hydrogen) atoms. The van der Waals surface area contributed by atoms with Crippen molar-refractivity contribution < 1.29 is 18.0 Å². The molecule has 1 atom stereocenters. The van der Waals surface area contributed by atoms with Crippen molar-refractivity contribution >= 4 is 39.1 Å². The van der Waals surface area contributed by atoms with Crippen LogP contribution in [0.25, 0.3) is 0 Å². The molecule has 0 aliphatic heterocycles. The summed E-state index contributed by atoms with van der Waals surface area (Å²) in [5.74, 6) is -0.800. The molecule has 1 saturated carbocycles. The summed E-state index contributed by atoms with van der Waals surface area (Å²) < 4.78 is 28.2. The highest BCUT2D eigenvalue weighted by Crippen LogP contribution is 2.24. The lowest BCUT2D eigenvalue weighted by molar-refractivity contribution is -0.123. The van der Waals surface area contributed by atoms with Gasteiger partial charge in [0.25, 0.3) is 15.9 Å². The Kier molecular flexibility index (Phi) is 7.19.